The molecule has 6 heteroatoms. The van der Waals surface area contributed by atoms with Crippen LogP contribution in [0.4, 0.5) is 0 Å². The maximum Gasteiger partial charge on any atom is 0.233 e. The second-order valence-corrected chi connectivity index (χ2v) is 5.41. The quantitative estimate of drug-likeness (QED) is 0.826. The molecular formula is C14H24N4O2. The van der Waals surface area contributed by atoms with Crippen LogP contribution in [0.25, 0.3) is 0 Å². The fraction of sp³-hybridized carbons (Fsp3) is 0.714. The van der Waals surface area contributed by atoms with E-state index in [4.69, 9.17) is 4.52 Å². The third-order valence-electron chi connectivity index (χ3n) is 3.98. The van der Waals surface area contributed by atoms with Crippen molar-refractivity contribution >= 4 is 5.91 Å². The van der Waals surface area contributed by atoms with Gasteiger partial charge in [0.15, 0.2) is 0 Å². The molecule has 1 amide bonds. The van der Waals surface area contributed by atoms with Crippen molar-refractivity contribution in [1.29, 1.82) is 0 Å². The number of hydrogen-bond donors (Lipinski definition) is 2. The van der Waals surface area contributed by atoms with Crippen molar-refractivity contribution in [3.05, 3.63) is 17.0 Å². The fourth-order valence-corrected chi connectivity index (χ4v) is 2.58. The molecule has 0 unspecified atom stereocenters. The lowest BCUT2D eigenvalue weighted by Crippen LogP contribution is -2.45. The van der Waals surface area contributed by atoms with Gasteiger partial charge < -0.3 is 15.2 Å². The van der Waals surface area contributed by atoms with Gasteiger partial charge in [0.25, 0.3) is 0 Å². The second kappa shape index (κ2) is 6.85. The molecule has 0 bridgehead atoms. The summed E-state index contributed by atoms with van der Waals surface area (Å²) in [6.07, 6.45) is 2.14. The van der Waals surface area contributed by atoms with E-state index in [-0.39, 0.29) is 5.91 Å². The lowest BCUT2D eigenvalue weighted by atomic mass is 10.0. The molecule has 1 saturated heterocycles. The number of piperidine rings is 1. The Labute approximate surface area is 119 Å². The van der Waals surface area contributed by atoms with Crippen LogP contribution in [0.3, 0.4) is 0 Å². The van der Waals surface area contributed by atoms with Gasteiger partial charge >= 0.3 is 0 Å². The molecular weight excluding hydrogens is 256 g/mol. The molecule has 0 radical (unpaired) electrons. The standard InChI is InChI=1S/C14H24N4O2/c1-10-13(11(2)20-17-10)8-16-12-4-6-18(7-5-12)9-14(19)15-3/h12,16H,4-9H2,1-3H3,(H,15,19). The molecule has 0 aromatic carbocycles. The molecule has 0 spiro atoms. The van der Waals surface area contributed by atoms with Crippen molar-refractivity contribution in [1.82, 2.24) is 20.7 Å². The summed E-state index contributed by atoms with van der Waals surface area (Å²) in [6.45, 7) is 7.16. The highest BCUT2D eigenvalue weighted by Gasteiger charge is 2.20. The Bertz CT molecular complexity index is 431. The molecule has 2 N–H and O–H groups in total. The predicted molar refractivity (Wildman–Crippen MR) is 76.3 cm³/mol. The van der Waals surface area contributed by atoms with Crippen LogP contribution in [0.2, 0.25) is 0 Å². The van der Waals surface area contributed by atoms with Crippen LogP contribution in [0.15, 0.2) is 4.52 Å². The van der Waals surface area contributed by atoms with Gasteiger partial charge in [0, 0.05) is 38.3 Å². The van der Waals surface area contributed by atoms with Gasteiger partial charge in [0.05, 0.1) is 12.2 Å². The summed E-state index contributed by atoms with van der Waals surface area (Å²) in [6, 6.07) is 0.504. The van der Waals surface area contributed by atoms with Crippen LogP contribution in [0.1, 0.15) is 29.9 Å². The number of carbonyl (C=O) groups is 1. The van der Waals surface area contributed by atoms with Crippen molar-refractivity contribution in [2.75, 3.05) is 26.7 Å². The smallest absolute Gasteiger partial charge is 0.233 e. The number of carbonyl (C=O) groups excluding carboxylic acids is 1. The SMILES string of the molecule is CNC(=O)CN1CCC(NCc2c(C)noc2C)CC1. The number of rotatable bonds is 5. The molecule has 20 heavy (non-hydrogen) atoms. The Morgan fingerprint density at radius 3 is 2.65 bits per heavy atom. The van der Waals surface area contributed by atoms with E-state index in [1.165, 1.54) is 0 Å². The van der Waals surface area contributed by atoms with Crippen LogP contribution >= 0.6 is 0 Å². The van der Waals surface area contributed by atoms with Gasteiger partial charge in [-0.3, -0.25) is 9.69 Å². The first-order chi connectivity index (χ1) is 9.60. The Morgan fingerprint density at radius 2 is 2.10 bits per heavy atom. The summed E-state index contributed by atoms with van der Waals surface area (Å²) < 4.78 is 5.17. The number of nitrogens with one attached hydrogen (secondary N) is 2. The highest BCUT2D eigenvalue weighted by atomic mass is 16.5. The number of aromatic nitrogens is 1. The number of likely N-dealkylation sites (tertiary alicyclic amines) is 1. The van der Waals surface area contributed by atoms with E-state index in [2.05, 4.69) is 20.7 Å². The zero-order valence-corrected chi connectivity index (χ0v) is 12.5. The summed E-state index contributed by atoms with van der Waals surface area (Å²) >= 11 is 0. The molecule has 1 fully saturated rings. The Hall–Kier alpha value is -1.40. The van der Waals surface area contributed by atoms with Gasteiger partial charge in [-0.05, 0) is 26.7 Å². The number of nitrogens with zero attached hydrogens (tertiary/aromatic N) is 2. The number of likely N-dealkylation sites (N-methyl/N-ethyl adjacent to an activating group) is 1. The van der Waals surface area contributed by atoms with Crippen LogP contribution in [0, 0.1) is 13.8 Å². The molecule has 0 atom stereocenters. The van der Waals surface area contributed by atoms with Gasteiger partial charge in [-0.2, -0.15) is 0 Å². The van der Waals surface area contributed by atoms with E-state index in [1.807, 2.05) is 13.8 Å². The van der Waals surface area contributed by atoms with Crippen molar-refractivity contribution in [2.24, 2.45) is 0 Å². The fourth-order valence-electron chi connectivity index (χ4n) is 2.58. The maximum absolute atomic E-state index is 11.3. The van der Waals surface area contributed by atoms with Gasteiger partial charge in [-0.1, -0.05) is 5.16 Å². The van der Waals surface area contributed by atoms with E-state index in [1.54, 1.807) is 7.05 Å². The van der Waals surface area contributed by atoms with Crippen LogP contribution in [0.5, 0.6) is 0 Å². The predicted octanol–water partition coefficient (Wildman–Crippen LogP) is 0.591. The minimum Gasteiger partial charge on any atom is -0.361 e. The van der Waals surface area contributed by atoms with Crippen molar-refractivity contribution in [2.45, 2.75) is 39.3 Å². The van der Waals surface area contributed by atoms with E-state index in [9.17, 15) is 4.79 Å². The molecule has 0 saturated carbocycles. The third-order valence-corrected chi connectivity index (χ3v) is 3.98. The van der Waals surface area contributed by atoms with Gasteiger partial charge in [0.2, 0.25) is 5.91 Å². The van der Waals surface area contributed by atoms with E-state index in [0.29, 0.717) is 12.6 Å². The molecule has 2 rings (SSSR count). The van der Waals surface area contributed by atoms with Crippen molar-refractivity contribution in [3.8, 4) is 0 Å². The summed E-state index contributed by atoms with van der Waals surface area (Å²) in [5.74, 6) is 0.985. The number of hydrogen-bond acceptors (Lipinski definition) is 5. The molecule has 1 aromatic heterocycles. The first-order valence-corrected chi connectivity index (χ1v) is 7.18. The first kappa shape index (κ1) is 15.0. The highest BCUT2D eigenvalue weighted by Crippen LogP contribution is 2.14. The molecule has 2 heterocycles. The van der Waals surface area contributed by atoms with Crippen LogP contribution < -0.4 is 10.6 Å². The van der Waals surface area contributed by atoms with Gasteiger partial charge in [-0.25, -0.2) is 0 Å². The minimum atomic E-state index is 0.0899. The zero-order valence-electron chi connectivity index (χ0n) is 12.5. The van der Waals surface area contributed by atoms with Crippen LogP contribution in [-0.2, 0) is 11.3 Å². The molecule has 6 nitrogen and oxygen atoms in total. The highest BCUT2D eigenvalue weighted by molar-refractivity contribution is 5.77. The molecule has 112 valence electrons. The molecule has 1 aliphatic heterocycles. The summed E-state index contributed by atoms with van der Waals surface area (Å²) in [5.41, 5.74) is 2.13. The van der Waals surface area contributed by atoms with Gasteiger partial charge in [-0.15, -0.1) is 0 Å². The Kier molecular flexibility index (Phi) is 5.14. The Balaban J connectivity index is 1.73. The van der Waals surface area contributed by atoms with E-state index >= 15 is 0 Å². The average molecular weight is 280 g/mol. The largest absolute Gasteiger partial charge is 0.361 e. The summed E-state index contributed by atoms with van der Waals surface area (Å²) in [7, 11) is 1.68. The maximum atomic E-state index is 11.3. The van der Waals surface area contributed by atoms with E-state index in [0.717, 1.165) is 49.5 Å². The number of amides is 1. The molecule has 1 aliphatic rings. The van der Waals surface area contributed by atoms with Crippen molar-refractivity contribution < 1.29 is 9.32 Å². The normalized spacial score (nSPS) is 17.4. The monoisotopic (exact) mass is 280 g/mol. The summed E-state index contributed by atoms with van der Waals surface area (Å²) in [4.78, 5) is 13.5. The zero-order chi connectivity index (χ0) is 14.5. The van der Waals surface area contributed by atoms with Gasteiger partial charge in [0.1, 0.15) is 5.76 Å². The lowest BCUT2D eigenvalue weighted by Gasteiger charge is -2.31. The second-order valence-electron chi connectivity index (χ2n) is 5.41. The lowest BCUT2D eigenvalue weighted by molar-refractivity contribution is -0.122. The first-order valence-electron chi connectivity index (χ1n) is 7.18. The Morgan fingerprint density at radius 1 is 1.40 bits per heavy atom. The summed E-state index contributed by atoms with van der Waals surface area (Å²) in [5, 5.41) is 10.2. The molecule has 1 aromatic rings. The van der Waals surface area contributed by atoms with E-state index < -0.39 is 0 Å². The number of aryl methyl sites for hydroxylation is 2. The van der Waals surface area contributed by atoms with Crippen LogP contribution in [-0.4, -0.2) is 48.7 Å². The third kappa shape index (κ3) is 3.80. The topological polar surface area (TPSA) is 70.4 Å². The van der Waals surface area contributed by atoms with Crippen molar-refractivity contribution in [3.63, 3.8) is 0 Å². The minimum absolute atomic E-state index is 0.0899. The molecule has 0 aliphatic carbocycles. The average Bonchev–Trinajstić information content (AvgIpc) is 2.77.